The van der Waals surface area contributed by atoms with Gasteiger partial charge in [-0.25, -0.2) is 22.0 Å². The molecule has 0 saturated heterocycles. The highest BCUT2D eigenvalue weighted by molar-refractivity contribution is 7.95. The van der Waals surface area contributed by atoms with Gasteiger partial charge in [-0.2, -0.15) is 0 Å². The zero-order valence-corrected chi connectivity index (χ0v) is 14.9. The molecule has 1 aliphatic rings. The van der Waals surface area contributed by atoms with E-state index in [-0.39, 0.29) is 14.5 Å². The SMILES string of the molecule is CCNC1CC(CCOC)S(=O)(=O)c2sc(S(N)(=O)=O)cc21. The molecule has 0 aromatic carbocycles. The topological polar surface area (TPSA) is 116 Å². The number of nitrogens with two attached hydrogens (primary N) is 1. The number of nitrogens with one attached hydrogen (secondary N) is 1. The molecule has 2 heterocycles. The molecule has 0 fully saturated rings. The van der Waals surface area contributed by atoms with Crippen molar-refractivity contribution >= 4 is 31.2 Å². The summed E-state index contributed by atoms with van der Waals surface area (Å²) in [5.74, 6) is 0. The first kappa shape index (κ1) is 17.8. The third-order valence-corrected chi connectivity index (χ3v) is 9.02. The number of methoxy groups -OCH3 is 1. The van der Waals surface area contributed by atoms with Crippen LogP contribution < -0.4 is 10.5 Å². The van der Waals surface area contributed by atoms with Crippen molar-refractivity contribution in [3.8, 4) is 0 Å². The van der Waals surface area contributed by atoms with Gasteiger partial charge in [0.05, 0.1) is 5.25 Å². The summed E-state index contributed by atoms with van der Waals surface area (Å²) in [7, 11) is -5.96. The molecule has 1 aliphatic heterocycles. The van der Waals surface area contributed by atoms with Crippen molar-refractivity contribution in [1.82, 2.24) is 5.32 Å². The van der Waals surface area contributed by atoms with Crippen LogP contribution in [0, 0.1) is 0 Å². The zero-order valence-electron chi connectivity index (χ0n) is 12.4. The molecule has 1 aromatic rings. The molecule has 0 amide bonds. The number of sulfone groups is 1. The van der Waals surface area contributed by atoms with Crippen molar-refractivity contribution in [1.29, 1.82) is 0 Å². The highest BCUT2D eigenvalue weighted by Crippen LogP contribution is 2.43. The third-order valence-electron chi connectivity index (χ3n) is 3.65. The van der Waals surface area contributed by atoms with Gasteiger partial charge in [0.15, 0.2) is 9.84 Å². The van der Waals surface area contributed by atoms with Gasteiger partial charge < -0.3 is 10.1 Å². The van der Waals surface area contributed by atoms with Crippen molar-refractivity contribution in [3.05, 3.63) is 11.6 Å². The third kappa shape index (κ3) is 3.36. The molecule has 0 spiro atoms. The summed E-state index contributed by atoms with van der Waals surface area (Å²) in [6.45, 7) is 2.91. The lowest BCUT2D eigenvalue weighted by Crippen LogP contribution is -2.35. The first-order chi connectivity index (χ1) is 10.2. The number of hydrogen-bond donors (Lipinski definition) is 2. The molecule has 3 N–H and O–H groups in total. The first-order valence-electron chi connectivity index (χ1n) is 6.84. The Morgan fingerprint density at radius 1 is 1.50 bits per heavy atom. The van der Waals surface area contributed by atoms with E-state index in [0.29, 0.717) is 31.6 Å². The highest BCUT2D eigenvalue weighted by Gasteiger charge is 2.41. The van der Waals surface area contributed by atoms with E-state index in [1.807, 2.05) is 6.92 Å². The van der Waals surface area contributed by atoms with Gasteiger partial charge in [0.1, 0.15) is 8.42 Å². The maximum Gasteiger partial charge on any atom is 0.247 e. The summed E-state index contributed by atoms with van der Waals surface area (Å²) < 4.78 is 53.4. The number of rotatable bonds is 6. The average Bonchev–Trinajstić information content (AvgIpc) is 2.87. The molecule has 126 valence electrons. The van der Waals surface area contributed by atoms with E-state index in [4.69, 9.17) is 9.88 Å². The summed E-state index contributed by atoms with van der Waals surface area (Å²) in [6, 6.07) is 1.18. The lowest BCUT2D eigenvalue weighted by atomic mass is 10.0. The van der Waals surface area contributed by atoms with Gasteiger partial charge in [-0.3, -0.25) is 0 Å². The molecule has 0 saturated carbocycles. The van der Waals surface area contributed by atoms with Crippen LogP contribution in [0.2, 0.25) is 0 Å². The van der Waals surface area contributed by atoms with E-state index in [2.05, 4.69) is 5.32 Å². The second-order valence-electron chi connectivity index (χ2n) is 5.15. The quantitative estimate of drug-likeness (QED) is 0.761. The van der Waals surface area contributed by atoms with Crippen molar-refractivity contribution in [3.63, 3.8) is 0 Å². The predicted molar refractivity (Wildman–Crippen MR) is 84.2 cm³/mol. The summed E-state index contributed by atoms with van der Waals surface area (Å²) in [4.78, 5) is 0. The van der Waals surface area contributed by atoms with Crippen LogP contribution in [-0.2, 0) is 24.6 Å². The fourth-order valence-electron chi connectivity index (χ4n) is 2.60. The number of sulfonamides is 1. The van der Waals surface area contributed by atoms with E-state index < -0.39 is 25.1 Å². The van der Waals surface area contributed by atoms with Crippen molar-refractivity contribution in [2.24, 2.45) is 5.14 Å². The van der Waals surface area contributed by atoms with Crippen LogP contribution >= 0.6 is 11.3 Å². The van der Waals surface area contributed by atoms with E-state index in [9.17, 15) is 16.8 Å². The van der Waals surface area contributed by atoms with E-state index in [0.717, 1.165) is 11.3 Å². The van der Waals surface area contributed by atoms with Crippen molar-refractivity contribution < 1.29 is 21.6 Å². The van der Waals surface area contributed by atoms with Gasteiger partial charge in [-0.15, -0.1) is 11.3 Å². The molecule has 2 unspecified atom stereocenters. The van der Waals surface area contributed by atoms with E-state index in [1.165, 1.54) is 13.2 Å². The highest BCUT2D eigenvalue weighted by atomic mass is 32.3. The monoisotopic (exact) mass is 368 g/mol. The molecule has 0 bridgehead atoms. The van der Waals surface area contributed by atoms with Crippen LogP contribution in [0.5, 0.6) is 0 Å². The van der Waals surface area contributed by atoms with Gasteiger partial charge in [-0.1, -0.05) is 6.92 Å². The Balaban J connectivity index is 2.52. The Morgan fingerprint density at radius 2 is 2.18 bits per heavy atom. The summed E-state index contributed by atoms with van der Waals surface area (Å²) in [5.41, 5.74) is 0.504. The van der Waals surface area contributed by atoms with Crippen molar-refractivity contribution in [2.75, 3.05) is 20.3 Å². The van der Waals surface area contributed by atoms with Crippen LogP contribution in [0.15, 0.2) is 14.5 Å². The molecular weight excluding hydrogens is 348 g/mol. The Bertz CT molecular complexity index is 739. The fraction of sp³-hybridized carbons (Fsp3) is 0.667. The maximum atomic E-state index is 12.7. The largest absolute Gasteiger partial charge is 0.385 e. The minimum absolute atomic E-state index is 0.106. The van der Waals surface area contributed by atoms with Crippen LogP contribution in [0.3, 0.4) is 0 Å². The van der Waals surface area contributed by atoms with Crippen LogP contribution in [0.4, 0.5) is 0 Å². The number of thiophene rings is 1. The molecule has 2 atom stereocenters. The number of hydrogen-bond acceptors (Lipinski definition) is 7. The van der Waals surface area contributed by atoms with Crippen LogP contribution in [-0.4, -0.2) is 42.3 Å². The fourth-order valence-corrected chi connectivity index (χ4v) is 7.28. The van der Waals surface area contributed by atoms with Crippen LogP contribution in [0.1, 0.15) is 31.4 Å². The second kappa shape index (κ2) is 6.54. The molecule has 22 heavy (non-hydrogen) atoms. The Labute approximate surface area is 134 Å². The number of ether oxygens (including phenoxy) is 1. The molecule has 2 rings (SSSR count). The summed E-state index contributed by atoms with van der Waals surface area (Å²) >= 11 is 0.734. The predicted octanol–water partition coefficient (Wildman–Crippen LogP) is 0.629. The first-order valence-corrected chi connectivity index (χ1v) is 10.8. The van der Waals surface area contributed by atoms with Crippen LogP contribution in [0.25, 0.3) is 0 Å². The minimum Gasteiger partial charge on any atom is -0.385 e. The Kier molecular flexibility index (Phi) is 5.30. The maximum absolute atomic E-state index is 12.7. The minimum atomic E-state index is -3.92. The van der Waals surface area contributed by atoms with E-state index in [1.54, 1.807) is 0 Å². The molecule has 10 heteroatoms. The van der Waals surface area contributed by atoms with Crippen molar-refractivity contribution in [2.45, 2.75) is 39.5 Å². The lowest BCUT2D eigenvalue weighted by molar-refractivity contribution is 0.191. The summed E-state index contributed by atoms with van der Waals surface area (Å²) in [5, 5.41) is 7.77. The number of fused-ring (bicyclic) bond motifs is 1. The Morgan fingerprint density at radius 3 is 2.73 bits per heavy atom. The smallest absolute Gasteiger partial charge is 0.247 e. The molecular formula is C12H20N2O5S3. The molecule has 0 radical (unpaired) electrons. The molecule has 7 nitrogen and oxygen atoms in total. The number of primary sulfonamides is 1. The molecule has 0 aliphatic carbocycles. The average molecular weight is 369 g/mol. The summed E-state index contributed by atoms with van der Waals surface area (Å²) in [6.07, 6.45) is 0.774. The van der Waals surface area contributed by atoms with Gasteiger partial charge >= 0.3 is 0 Å². The second-order valence-corrected chi connectivity index (χ2v) is 10.4. The van der Waals surface area contributed by atoms with Gasteiger partial charge in [0.2, 0.25) is 10.0 Å². The molecule has 1 aromatic heterocycles. The van der Waals surface area contributed by atoms with Gasteiger partial charge in [0, 0.05) is 25.3 Å². The van der Waals surface area contributed by atoms with Gasteiger partial charge in [0.25, 0.3) is 0 Å². The zero-order chi connectivity index (χ0) is 16.5. The lowest BCUT2D eigenvalue weighted by Gasteiger charge is -2.29. The Hall–Kier alpha value is -0.520. The standard InChI is InChI=1S/C12H20N2O5S3/c1-3-14-10-6-8(4-5-19-2)21(15,16)12-9(10)7-11(20-12)22(13,17)18/h7-8,10,14H,3-6H2,1-2H3,(H2,13,17,18). The van der Waals surface area contributed by atoms with E-state index >= 15 is 0 Å². The normalized spacial score (nSPS) is 24.1. The van der Waals surface area contributed by atoms with Gasteiger partial charge in [-0.05, 0) is 25.5 Å².